The van der Waals surface area contributed by atoms with Crippen molar-refractivity contribution in [2.24, 2.45) is 0 Å². The van der Waals surface area contributed by atoms with E-state index in [9.17, 15) is 4.79 Å². The predicted molar refractivity (Wildman–Crippen MR) is 101 cm³/mol. The van der Waals surface area contributed by atoms with Gasteiger partial charge in [0.25, 0.3) is 5.91 Å². The minimum absolute atomic E-state index is 0.194. The van der Waals surface area contributed by atoms with E-state index in [0.29, 0.717) is 22.9 Å². The van der Waals surface area contributed by atoms with Gasteiger partial charge in [0.05, 0.1) is 25.4 Å². The third-order valence-corrected chi connectivity index (χ3v) is 4.09. The number of aromatic nitrogens is 2. The van der Waals surface area contributed by atoms with Crippen molar-refractivity contribution in [3.05, 3.63) is 54.1 Å². The standard InChI is InChI=1S/C20H23N3O3/c1-20(2,3)19-22-17(15-8-6-7-11-23(15)19)18(24)21-14-10-9-13(25-4)12-16(14)26-5/h6-12H,1-5H3,(H,21,24). The van der Waals surface area contributed by atoms with Crippen molar-refractivity contribution in [2.75, 3.05) is 19.5 Å². The maximum atomic E-state index is 12.9. The molecule has 0 atom stereocenters. The highest BCUT2D eigenvalue weighted by Gasteiger charge is 2.25. The zero-order valence-corrected chi connectivity index (χ0v) is 15.7. The van der Waals surface area contributed by atoms with Gasteiger partial charge in [-0.3, -0.25) is 4.79 Å². The van der Waals surface area contributed by atoms with Crippen molar-refractivity contribution in [1.82, 2.24) is 9.38 Å². The molecule has 0 aliphatic rings. The Labute approximate surface area is 152 Å². The first-order valence-electron chi connectivity index (χ1n) is 8.36. The second-order valence-corrected chi connectivity index (χ2v) is 7.01. The second-order valence-electron chi connectivity index (χ2n) is 7.01. The summed E-state index contributed by atoms with van der Waals surface area (Å²) in [5.74, 6) is 1.73. The Balaban J connectivity index is 2.01. The number of methoxy groups -OCH3 is 2. The van der Waals surface area contributed by atoms with Gasteiger partial charge in [-0.1, -0.05) is 26.8 Å². The fourth-order valence-corrected chi connectivity index (χ4v) is 2.82. The predicted octanol–water partition coefficient (Wildman–Crippen LogP) is 3.90. The maximum Gasteiger partial charge on any atom is 0.276 e. The van der Waals surface area contributed by atoms with Crippen LogP contribution < -0.4 is 14.8 Å². The lowest BCUT2D eigenvalue weighted by molar-refractivity contribution is 0.102. The summed E-state index contributed by atoms with van der Waals surface area (Å²) >= 11 is 0. The quantitative estimate of drug-likeness (QED) is 0.772. The van der Waals surface area contributed by atoms with Gasteiger partial charge in [0.2, 0.25) is 0 Å². The molecule has 0 aliphatic heterocycles. The Hall–Kier alpha value is -3.02. The molecule has 6 heteroatoms. The topological polar surface area (TPSA) is 64.9 Å². The lowest BCUT2D eigenvalue weighted by Crippen LogP contribution is -2.17. The van der Waals surface area contributed by atoms with E-state index in [1.54, 1.807) is 32.4 Å². The van der Waals surface area contributed by atoms with E-state index >= 15 is 0 Å². The Morgan fingerprint density at radius 3 is 2.54 bits per heavy atom. The molecule has 0 saturated heterocycles. The Morgan fingerprint density at radius 1 is 1.12 bits per heavy atom. The SMILES string of the molecule is COc1ccc(NC(=O)c2nc(C(C)(C)C)n3ccccc23)c(OC)c1. The first kappa shape index (κ1) is 17.8. The van der Waals surface area contributed by atoms with Gasteiger partial charge in [-0.25, -0.2) is 4.98 Å². The van der Waals surface area contributed by atoms with Crippen LogP contribution in [-0.2, 0) is 5.41 Å². The van der Waals surface area contributed by atoms with Crippen LogP contribution in [0.3, 0.4) is 0 Å². The van der Waals surface area contributed by atoms with Gasteiger partial charge in [0, 0.05) is 17.7 Å². The minimum atomic E-state index is -0.285. The van der Waals surface area contributed by atoms with Gasteiger partial charge in [-0.05, 0) is 24.3 Å². The highest BCUT2D eigenvalue weighted by Crippen LogP contribution is 2.30. The molecule has 1 N–H and O–H groups in total. The van der Waals surface area contributed by atoms with Crippen LogP contribution in [-0.4, -0.2) is 29.5 Å². The van der Waals surface area contributed by atoms with Crippen LogP contribution in [0.2, 0.25) is 0 Å². The van der Waals surface area contributed by atoms with E-state index in [1.807, 2.05) is 28.8 Å². The van der Waals surface area contributed by atoms with E-state index in [4.69, 9.17) is 9.47 Å². The molecule has 0 fully saturated rings. The molecule has 1 aromatic carbocycles. The van der Waals surface area contributed by atoms with Crippen LogP contribution in [0.1, 0.15) is 37.1 Å². The number of amides is 1. The number of ether oxygens (including phenoxy) is 2. The summed E-state index contributed by atoms with van der Waals surface area (Å²) in [5, 5.41) is 2.89. The van der Waals surface area contributed by atoms with Crippen LogP contribution in [0.25, 0.3) is 5.52 Å². The number of pyridine rings is 1. The number of hydrogen-bond acceptors (Lipinski definition) is 4. The molecule has 0 radical (unpaired) electrons. The normalized spacial score (nSPS) is 11.4. The van der Waals surface area contributed by atoms with Crippen molar-refractivity contribution in [3.63, 3.8) is 0 Å². The molecule has 1 amide bonds. The number of fused-ring (bicyclic) bond motifs is 1. The lowest BCUT2D eigenvalue weighted by Gasteiger charge is -2.16. The molecule has 0 saturated carbocycles. The average Bonchev–Trinajstić information content (AvgIpc) is 3.02. The van der Waals surface area contributed by atoms with Crippen molar-refractivity contribution in [2.45, 2.75) is 26.2 Å². The summed E-state index contributed by atoms with van der Waals surface area (Å²) in [6.07, 6.45) is 1.92. The highest BCUT2D eigenvalue weighted by atomic mass is 16.5. The van der Waals surface area contributed by atoms with Crippen LogP contribution in [0, 0.1) is 0 Å². The monoisotopic (exact) mass is 353 g/mol. The summed E-state index contributed by atoms with van der Waals surface area (Å²) in [5.41, 5.74) is 1.52. The number of nitrogens with zero attached hydrogens (tertiary/aromatic N) is 2. The lowest BCUT2D eigenvalue weighted by atomic mass is 9.96. The summed E-state index contributed by atoms with van der Waals surface area (Å²) in [6.45, 7) is 6.22. The zero-order valence-electron chi connectivity index (χ0n) is 15.7. The summed E-state index contributed by atoms with van der Waals surface area (Å²) in [7, 11) is 3.13. The molecule has 2 aromatic heterocycles. The Morgan fingerprint density at radius 2 is 1.88 bits per heavy atom. The number of imidazole rings is 1. The van der Waals surface area contributed by atoms with Gasteiger partial charge >= 0.3 is 0 Å². The largest absolute Gasteiger partial charge is 0.497 e. The molecule has 0 unspecified atom stereocenters. The van der Waals surface area contributed by atoms with E-state index in [1.165, 1.54) is 0 Å². The van der Waals surface area contributed by atoms with Crippen LogP contribution in [0.5, 0.6) is 11.5 Å². The molecule has 0 bridgehead atoms. The van der Waals surface area contributed by atoms with Crippen LogP contribution >= 0.6 is 0 Å². The smallest absolute Gasteiger partial charge is 0.276 e. The van der Waals surface area contributed by atoms with Gasteiger partial charge in [-0.2, -0.15) is 0 Å². The third-order valence-electron chi connectivity index (χ3n) is 4.09. The molecule has 0 aliphatic carbocycles. The van der Waals surface area contributed by atoms with Crippen molar-refractivity contribution < 1.29 is 14.3 Å². The Bertz CT molecular complexity index is 955. The fraction of sp³-hybridized carbons (Fsp3) is 0.300. The number of carbonyl (C=O) groups excluding carboxylic acids is 1. The first-order chi connectivity index (χ1) is 12.3. The molecule has 3 rings (SSSR count). The molecular formula is C20H23N3O3. The summed E-state index contributed by atoms with van der Waals surface area (Å²) < 4.78 is 12.5. The van der Waals surface area contributed by atoms with Crippen molar-refractivity contribution >= 4 is 17.1 Å². The number of nitrogens with one attached hydrogen (secondary N) is 1. The number of hydrogen-bond donors (Lipinski definition) is 1. The highest BCUT2D eigenvalue weighted by molar-refractivity contribution is 6.08. The molecule has 26 heavy (non-hydrogen) atoms. The second kappa shape index (κ2) is 6.71. The average molecular weight is 353 g/mol. The number of anilines is 1. The van der Waals surface area contributed by atoms with Gasteiger partial charge in [0.1, 0.15) is 17.3 Å². The first-order valence-corrected chi connectivity index (χ1v) is 8.36. The molecule has 136 valence electrons. The van der Waals surface area contributed by atoms with Crippen LogP contribution in [0.15, 0.2) is 42.6 Å². The minimum Gasteiger partial charge on any atom is -0.497 e. The van der Waals surface area contributed by atoms with Crippen LogP contribution in [0.4, 0.5) is 5.69 Å². The Kier molecular flexibility index (Phi) is 4.59. The van der Waals surface area contributed by atoms with Gasteiger partial charge < -0.3 is 19.2 Å². The van der Waals surface area contributed by atoms with E-state index in [0.717, 1.165) is 11.3 Å². The third kappa shape index (κ3) is 3.22. The number of carbonyl (C=O) groups is 1. The molecule has 6 nitrogen and oxygen atoms in total. The summed E-state index contributed by atoms with van der Waals surface area (Å²) in [4.78, 5) is 17.5. The molecule has 0 spiro atoms. The molecule has 2 heterocycles. The number of benzene rings is 1. The van der Waals surface area contributed by atoms with Crippen molar-refractivity contribution in [3.8, 4) is 11.5 Å². The zero-order chi connectivity index (χ0) is 18.9. The van der Waals surface area contributed by atoms with Gasteiger partial charge in [-0.15, -0.1) is 0 Å². The maximum absolute atomic E-state index is 12.9. The van der Waals surface area contributed by atoms with Crippen molar-refractivity contribution in [1.29, 1.82) is 0 Å². The molecular weight excluding hydrogens is 330 g/mol. The fourth-order valence-electron chi connectivity index (χ4n) is 2.82. The van der Waals surface area contributed by atoms with E-state index in [-0.39, 0.29) is 11.3 Å². The molecule has 3 aromatic rings. The van der Waals surface area contributed by atoms with E-state index < -0.39 is 0 Å². The van der Waals surface area contributed by atoms with E-state index in [2.05, 4.69) is 31.1 Å². The summed E-state index contributed by atoms with van der Waals surface area (Å²) in [6, 6.07) is 11.0. The van der Waals surface area contributed by atoms with Gasteiger partial charge in [0.15, 0.2) is 5.69 Å². The number of rotatable bonds is 4.